The normalized spacial score (nSPS) is 10.3. The van der Waals surface area contributed by atoms with Gasteiger partial charge >= 0.3 is 0 Å². The second-order valence-corrected chi connectivity index (χ2v) is 6.38. The van der Waals surface area contributed by atoms with E-state index < -0.39 is 0 Å². The molecule has 1 N–H and O–H groups in total. The van der Waals surface area contributed by atoms with E-state index in [2.05, 4.69) is 43.8 Å². The number of nitrogens with one attached hydrogen (secondary N) is 1. The fraction of sp³-hybridized carbons (Fsp3) is 0.0714. The standard InChI is InChI=1S/C14H10BrClINO/c1-8-3-2-4-12(13(8)15)18-14(19)9-5-6-11(17)10(16)7-9/h2-7H,1H3,(H,18,19). The Bertz CT molecular complexity index is 645. The van der Waals surface area contributed by atoms with Crippen molar-refractivity contribution in [3.05, 3.63) is 60.6 Å². The Morgan fingerprint density at radius 1 is 1.32 bits per heavy atom. The lowest BCUT2D eigenvalue weighted by Gasteiger charge is -2.09. The predicted octanol–water partition coefficient (Wildman–Crippen LogP) is 5.27. The molecule has 0 heterocycles. The fourth-order valence-corrected chi connectivity index (χ4v) is 2.46. The number of anilines is 1. The minimum absolute atomic E-state index is 0.176. The number of halogens is 3. The van der Waals surface area contributed by atoms with Crippen LogP contribution in [0.1, 0.15) is 15.9 Å². The Morgan fingerprint density at radius 2 is 2.05 bits per heavy atom. The average Bonchev–Trinajstić information content (AvgIpc) is 2.38. The molecule has 0 aromatic heterocycles. The van der Waals surface area contributed by atoms with E-state index >= 15 is 0 Å². The molecule has 0 atom stereocenters. The third-order valence-corrected chi connectivity index (χ3v) is 5.25. The van der Waals surface area contributed by atoms with E-state index in [0.717, 1.165) is 19.3 Å². The molecule has 0 bridgehead atoms. The molecule has 19 heavy (non-hydrogen) atoms. The van der Waals surface area contributed by atoms with Crippen molar-refractivity contribution in [2.75, 3.05) is 5.32 Å². The molecular weight excluding hydrogens is 440 g/mol. The number of amides is 1. The summed E-state index contributed by atoms with van der Waals surface area (Å²) in [6.45, 7) is 1.97. The first-order valence-electron chi connectivity index (χ1n) is 5.50. The van der Waals surface area contributed by atoms with E-state index in [-0.39, 0.29) is 5.91 Å². The van der Waals surface area contributed by atoms with Gasteiger partial charge in [-0.3, -0.25) is 4.79 Å². The SMILES string of the molecule is Cc1cccc(NC(=O)c2ccc(I)c(Cl)c2)c1Br. The molecule has 0 aliphatic carbocycles. The van der Waals surface area contributed by atoms with Gasteiger partial charge in [0.25, 0.3) is 5.91 Å². The Kier molecular flexibility index (Phi) is 4.86. The van der Waals surface area contributed by atoms with Gasteiger partial charge in [0.2, 0.25) is 0 Å². The molecule has 1 amide bonds. The third-order valence-electron chi connectivity index (χ3n) is 2.62. The summed E-state index contributed by atoms with van der Waals surface area (Å²) in [5.74, 6) is -0.176. The van der Waals surface area contributed by atoms with Crippen molar-refractivity contribution in [1.82, 2.24) is 0 Å². The summed E-state index contributed by atoms with van der Waals surface area (Å²) >= 11 is 11.6. The summed E-state index contributed by atoms with van der Waals surface area (Å²) in [6, 6.07) is 11.0. The topological polar surface area (TPSA) is 29.1 Å². The number of benzene rings is 2. The molecule has 5 heteroatoms. The maximum atomic E-state index is 12.1. The molecule has 0 saturated carbocycles. The summed E-state index contributed by atoms with van der Waals surface area (Å²) < 4.78 is 1.81. The van der Waals surface area contributed by atoms with Gasteiger partial charge in [-0.05, 0) is 75.3 Å². The van der Waals surface area contributed by atoms with Crippen LogP contribution in [0.3, 0.4) is 0 Å². The van der Waals surface area contributed by atoms with Gasteiger partial charge in [0.15, 0.2) is 0 Å². The van der Waals surface area contributed by atoms with Crippen LogP contribution in [0.15, 0.2) is 40.9 Å². The molecule has 0 aliphatic heterocycles. The number of carbonyl (C=O) groups excluding carboxylic acids is 1. The van der Waals surface area contributed by atoms with Crippen molar-refractivity contribution in [3.63, 3.8) is 0 Å². The Hall–Kier alpha value is -0.590. The van der Waals surface area contributed by atoms with Gasteiger partial charge in [0.1, 0.15) is 0 Å². The number of aryl methyl sites for hydroxylation is 1. The molecule has 0 unspecified atom stereocenters. The monoisotopic (exact) mass is 449 g/mol. The minimum atomic E-state index is -0.176. The maximum absolute atomic E-state index is 12.1. The van der Waals surface area contributed by atoms with E-state index in [1.165, 1.54) is 0 Å². The number of rotatable bonds is 2. The fourth-order valence-electron chi connectivity index (χ4n) is 1.58. The zero-order valence-electron chi connectivity index (χ0n) is 10.0. The maximum Gasteiger partial charge on any atom is 0.255 e. The Labute approximate surface area is 138 Å². The highest BCUT2D eigenvalue weighted by Gasteiger charge is 2.10. The van der Waals surface area contributed by atoms with E-state index in [4.69, 9.17) is 11.6 Å². The quantitative estimate of drug-likeness (QED) is 0.621. The lowest BCUT2D eigenvalue weighted by atomic mass is 10.2. The van der Waals surface area contributed by atoms with Gasteiger partial charge in [-0.1, -0.05) is 23.7 Å². The van der Waals surface area contributed by atoms with Gasteiger partial charge in [0.05, 0.1) is 10.7 Å². The first-order chi connectivity index (χ1) is 8.99. The van der Waals surface area contributed by atoms with Crippen molar-refractivity contribution in [2.45, 2.75) is 6.92 Å². The summed E-state index contributed by atoms with van der Waals surface area (Å²) in [6.07, 6.45) is 0. The number of hydrogen-bond donors (Lipinski definition) is 1. The summed E-state index contributed by atoms with van der Waals surface area (Å²) in [5, 5.41) is 3.45. The molecule has 2 aromatic rings. The highest BCUT2D eigenvalue weighted by molar-refractivity contribution is 14.1. The molecule has 0 fully saturated rings. The largest absolute Gasteiger partial charge is 0.321 e. The smallest absolute Gasteiger partial charge is 0.255 e. The van der Waals surface area contributed by atoms with Gasteiger partial charge in [-0.15, -0.1) is 0 Å². The van der Waals surface area contributed by atoms with Crippen LogP contribution in [0, 0.1) is 10.5 Å². The molecule has 0 radical (unpaired) electrons. The Balaban J connectivity index is 2.26. The Morgan fingerprint density at radius 3 is 2.74 bits per heavy atom. The second-order valence-electron chi connectivity index (χ2n) is 4.02. The van der Waals surface area contributed by atoms with Gasteiger partial charge in [-0.25, -0.2) is 0 Å². The van der Waals surface area contributed by atoms with Gasteiger partial charge in [0, 0.05) is 13.6 Å². The first kappa shape index (κ1) is 14.8. The molecule has 2 rings (SSSR count). The van der Waals surface area contributed by atoms with E-state index in [9.17, 15) is 4.79 Å². The van der Waals surface area contributed by atoms with Crippen LogP contribution in [0.2, 0.25) is 5.02 Å². The molecule has 2 aromatic carbocycles. The van der Waals surface area contributed by atoms with E-state index in [1.54, 1.807) is 12.1 Å². The van der Waals surface area contributed by atoms with Crippen molar-refractivity contribution in [1.29, 1.82) is 0 Å². The van der Waals surface area contributed by atoms with Crippen LogP contribution in [0.4, 0.5) is 5.69 Å². The van der Waals surface area contributed by atoms with Crippen molar-refractivity contribution >= 4 is 61.7 Å². The summed E-state index contributed by atoms with van der Waals surface area (Å²) in [5.41, 5.74) is 2.36. The van der Waals surface area contributed by atoms with Crippen LogP contribution in [0.5, 0.6) is 0 Å². The third kappa shape index (κ3) is 3.49. The lowest BCUT2D eigenvalue weighted by molar-refractivity contribution is 0.102. The number of carbonyl (C=O) groups is 1. The van der Waals surface area contributed by atoms with E-state index in [1.807, 2.05) is 31.2 Å². The van der Waals surface area contributed by atoms with Crippen LogP contribution < -0.4 is 5.32 Å². The summed E-state index contributed by atoms with van der Waals surface area (Å²) in [4.78, 5) is 12.1. The average molecular weight is 451 g/mol. The second kappa shape index (κ2) is 6.24. The molecule has 98 valence electrons. The van der Waals surface area contributed by atoms with Gasteiger partial charge in [-0.2, -0.15) is 0 Å². The van der Waals surface area contributed by atoms with Crippen molar-refractivity contribution in [2.24, 2.45) is 0 Å². The van der Waals surface area contributed by atoms with Crippen LogP contribution >= 0.6 is 50.1 Å². The first-order valence-corrected chi connectivity index (χ1v) is 7.75. The van der Waals surface area contributed by atoms with Crippen LogP contribution in [-0.4, -0.2) is 5.91 Å². The van der Waals surface area contributed by atoms with Crippen LogP contribution in [-0.2, 0) is 0 Å². The molecule has 0 aliphatic rings. The number of hydrogen-bond acceptors (Lipinski definition) is 1. The van der Waals surface area contributed by atoms with Gasteiger partial charge < -0.3 is 5.32 Å². The van der Waals surface area contributed by atoms with Crippen LogP contribution in [0.25, 0.3) is 0 Å². The lowest BCUT2D eigenvalue weighted by Crippen LogP contribution is -2.12. The summed E-state index contributed by atoms with van der Waals surface area (Å²) in [7, 11) is 0. The highest BCUT2D eigenvalue weighted by Crippen LogP contribution is 2.26. The molecule has 0 saturated heterocycles. The highest BCUT2D eigenvalue weighted by atomic mass is 127. The zero-order valence-corrected chi connectivity index (χ0v) is 14.5. The minimum Gasteiger partial charge on any atom is -0.321 e. The van der Waals surface area contributed by atoms with Crippen molar-refractivity contribution < 1.29 is 4.79 Å². The molecular formula is C14H10BrClINO. The van der Waals surface area contributed by atoms with E-state index in [0.29, 0.717) is 10.6 Å². The van der Waals surface area contributed by atoms with Crippen molar-refractivity contribution in [3.8, 4) is 0 Å². The molecule has 2 nitrogen and oxygen atoms in total. The predicted molar refractivity (Wildman–Crippen MR) is 91.0 cm³/mol. The zero-order chi connectivity index (χ0) is 14.0. The molecule has 0 spiro atoms.